The number of carbonyl (C=O) groups is 3. The zero-order chi connectivity index (χ0) is 24.1. The number of quaternary nitrogens is 1. The van der Waals surface area contributed by atoms with E-state index in [-0.39, 0.29) is 26.1 Å². The molecule has 10 nitrogen and oxygen atoms in total. The molecule has 3 aliphatic heterocycles. The predicted molar refractivity (Wildman–Crippen MR) is 110 cm³/mol. The van der Waals surface area contributed by atoms with Crippen LogP contribution in [0.1, 0.15) is 47.5 Å². The normalized spacial score (nSPS) is 41.0. The highest BCUT2D eigenvalue weighted by atomic mass is 16.6. The molecular weight excluding hydrogens is 422 g/mol. The molecule has 0 amide bonds. The fourth-order valence-electron chi connectivity index (χ4n) is 4.79. The largest absolute Gasteiger partial charge is 0.632 e. The number of hydroxylamine groups is 3. The molecule has 3 heterocycles. The Balaban J connectivity index is 2.01. The lowest BCUT2D eigenvalue weighted by molar-refractivity contribution is -0.877. The number of ether oxygens (including phenoxy) is 3. The van der Waals surface area contributed by atoms with Crippen molar-refractivity contribution in [2.75, 3.05) is 19.7 Å². The maximum atomic E-state index is 13.2. The van der Waals surface area contributed by atoms with Crippen LogP contribution in [0.3, 0.4) is 0 Å². The first kappa shape index (κ1) is 24.6. The van der Waals surface area contributed by atoms with Crippen molar-refractivity contribution in [1.29, 1.82) is 0 Å². The first-order chi connectivity index (χ1) is 14.8. The zero-order valence-corrected chi connectivity index (χ0v) is 19.2. The van der Waals surface area contributed by atoms with Gasteiger partial charge in [-0.2, -0.15) is 0 Å². The fourth-order valence-corrected chi connectivity index (χ4v) is 4.79. The number of esters is 3. The van der Waals surface area contributed by atoms with Gasteiger partial charge in [0.05, 0.1) is 19.5 Å². The molecule has 0 aromatic rings. The molecule has 1 unspecified atom stereocenters. The summed E-state index contributed by atoms with van der Waals surface area (Å²) in [6.07, 6.45) is -0.933. The van der Waals surface area contributed by atoms with Gasteiger partial charge in [-0.25, -0.2) is 9.59 Å². The number of hydrogen-bond donors (Lipinski definition) is 2. The molecule has 0 aromatic heterocycles. The van der Waals surface area contributed by atoms with Crippen LogP contribution in [0, 0.1) is 17.0 Å². The summed E-state index contributed by atoms with van der Waals surface area (Å²) in [7, 11) is 0. The smallest absolute Gasteiger partial charge is 0.342 e. The third kappa shape index (κ3) is 3.93. The number of cyclic esters (lactones) is 2. The molecule has 0 bridgehead atoms. The molecule has 3 aliphatic rings. The van der Waals surface area contributed by atoms with E-state index in [0.29, 0.717) is 5.57 Å². The maximum absolute atomic E-state index is 13.2. The van der Waals surface area contributed by atoms with E-state index in [1.807, 2.05) is 0 Å². The third-order valence-corrected chi connectivity index (χ3v) is 7.18. The van der Waals surface area contributed by atoms with Gasteiger partial charge in [-0.3, -0.25) is 4.79 Å². The summed E-state index contributed by atoms with van der Waals surface area (Å²) >= 11 is 0. The van der Waals surface area contributed by atoms with Gasteiger partial charge in [0, 0.05) is 12.0 Å². The number of carbonyl (C=O) groups excluding carboxylic acids is 3. The van der Waals surface area contributed by atoms with Crippen molar-refractivity contribution >= 4 is 17.9 Å². The molecule has 0 saturated carbocycles. The van der Waals surface area contributed by atoms with Crippen molar-refractivity contribution in [2.45, 2.75) is 76.9 Å². The van der Waals surface area contributed by atoms with E-state index in [2.05, 4.69) is 0 Å². The van der Waals surface area contributed by atoms with Crippen molar-refractivity contribution in [3.05, 3.63) is 16.9 Å². The molecule has 2 N–H and O–H groups in total. The SMILES string of the molecule is CC(C)[C@@]1(O)CC(=O)O[C@H](C)[C@@](O)(C(C)C)C(=O)OCC2=CC[N+]3([O-])CC[C@@H](OC1=O)[C@@H]23. The average Bonchev–Trinajstić information content (AvgIpc) is 3.19. The molecular formula is C22H33NO9. The van der Waals surface area contributed by atoms with Gasteiger partial charge >= 0.3 is 17.9 Å². The lowest BCUT2D eigenvalue weighted by Gasteiger charge is -2.41. The summed E-state index contributed by atoms with van der Waals surface area (Å²) < 4.78 is 15.6. The van der Waals surface area contributed by atoms with Crippen molar-refractivity contribution in [3.63, 3.8) is 0 Å². The molecule has 6 atom stereocenters. The van der Waals surface area contributed by atoms with Gasteiger partial charge in [0.15, 0.2) is 17.7 Å². The molecule has 32 heavy (non-hydrogen) atoms. The minimum atomic E-state index is -2.19. The zero-order valence-electron chi connectivity index (χ0n) is 19.2. The van der Waals surface area contributed by atoms with Crippen LogP contribution in [-0.4, -0.2) is 81.9 Å². The molecule has 2 saturated heterocycles. The second-order valence-electron chi connectivity index (χ2n) is 9.76. The van der Waals surface area contributed by atoms with Gasteiger partial charge in [0.2, 0.25) is 5.60 Å². The number of nitrogens with zero attached hydrogens (tertiary/aromatic N) is 1. The van der Waals surface area contributed by atoms with E-state index < -0.39 is 70.3 Å². The van der Waals surface area contributed by atoms with Gasteiger partial charge in [-0.1, -0.05) is 27.7 Å². The minimum Gasteiger partial charge on any atom is -0.632 e. The van der Waals surface area contributed by atoms with Crippen LogP contribution in [0.4, 0.5) is 0 Å². The Hall–Kier alpha value is -2.01. The molecule has 0 aromatic carbocycles. The molecule has 0 radical (unpaired) electrons. The van der Waals surface area contributed by atoms with Crippen LogP contribution in [0.25, 0.3) is 0 Å². The monoisotopic (exact) mass is 455 g/mol. The molecule has 0 spiro atoms. The summed E-state index contributed by atoms with van der Waals surface area (Å²) in [6.45, 7) is 7.72. The Morgan fingerprint density at radius 3 is 2.34 bits per heavy atom. The third-order valence-electron chi connectivity index (χ3n) is 7.18. The summed E-state index contributed by atoms with van der Waals surface area (Å²) in [4.78, 5) is 38.5. The summed E-state index contributed by atoms with van der Waals surface area (Å²) in [5.41, 5.74) is -3.85. The Morgan fingerprint density at radius 2 is 1.75 bits per heavy atom. The summed E-state index contributed by atoms with van der Waals surface area (Å²) in [5, 5.41) is 35.4. The van der Waals surface area contributed by atoms with Crippen LogP contribution in [-0.2, 0) is 28.6 Å². The van der Waals surface area contributed by atoms with Crippen molar-refractivity contribution in [1.82, 2.24) is 0 Å². The Labute approximate surface area is 187 Å². The highest BCUT2D eigenvalue weighted by molar-refractivity contribution is 5.87. The van der Waals surface area contributed by atoms with E-state index >= 15 is 0 Å². The Bertz CT molecular complexity index is 824. The van der Waals surface area contributed by atoms with Gasteiger partial charge in [0.25, 0.3) is 0 Å². The number of aliphatic hydroxyl groups is 2. The van der Waals surface area contributed by atoms with Crippen molar-refractivity contribution < 1.29 is 43.5 Å². The highest BCUT2D eigenvalue weighted by Crippen LogP contribution is 2.39. The molecule has 3 rings (SSSR count). The average molecular weight is 456 g/mol. The molecule has 0 aliphatic carbocycles. The minimum absolute atomic E-state index is 0.145. The molecule has 2 fully saturated rings. The lowest BCUT2D eigenvalue weighted by Crippen LogP contribution is -2.56. The Morgan fingerprint density at radius 1 is 1.09 bits per heavy atom. The maximum Gasteiger partial charge on any atom is 0.342 e. The van der Waals surface area contributed by atoms with E-state index in [1.54, 1.807) is 33.8 Å². The molecule has 180 valence electrons. The highest BCUT2D eigenvalue weighted by Gasteiger charge is 2.55. The topological polar surface area (TPSA) is 142 Å². The van der Waals surface area contributed by atoms with Gasteiger partial charge < -0.3 is 34.3 Å². The molecule has 10 heteroatoms. The first-order valence-electron chi connectivity index (χ1n) is 11.0. The second kappa shape index (κ2) is 8.40. The lowest BCUT2D eigenvalue weighted by atomic mass is 9.84. The van der Waals surface area contributed by atoms with E-state index in [9.17, 15) is 29.8 Å². The number of hydrogen-bond acceptors (Lipinski definition) is 9. The first-order valence-corrected chi connectivity index (χ1v) is 11.0. The summed E-state index contributed by atoms with van der Waals surface area (Å²) in [6, 6.07) is -0.775. The predicted octanol–water partition coefficient (Wildman–Crippen LogP) is 0.578. The second-order valence-corrected chi connectivity index (χ2v) is 9.76. The van der Waals surface area contributed by atoms with E-state index in [0.717, 1.165) is 0 Å². The van der Waals surface area contributed by atoms with Gasteiger partial charge in [-0.15, -0.1) is 0 Å². The van der Waals surface area contributed by atoms with Crippen LogP contribution in [0.5, 0.6) is 0 Å². The van der Waals surface area contributed by atoms with Crippen LogP contribution in [0.15, 0.2) is 11.6 Å². The van der Waals surface area contributed by atoms with E-state index in [1.165, 1.54) is 6.92 Å². The fraction of sp³-hybridized carbons (Fsp3) is 0.773. The van der Waals surface area contributed by atoms with Crippen LogP contribution >= 0.6 is 0 Å². The van der Waals surface area contributed by atoms with Gasteiger partial charge in [0.1, 0.15) is 12.7 Å². The van der Waals surface area contributed by atoms with Crippen molar-refractivity contribution in [3.8, 4) is 0 Å². The van der Waals surface area contributed by atoms with Crippen molar-refractivity contribution in [2.24, 2.45) is 11.8 Å². The standard InChI is InChI=1S/C22H33NO9/c1-12(2)21(27)10-17(24)31-14(5)22(28,13(3)4)20(26)30-11-15-6-8-23(29)9-7-16(18(15)23)32-19(21)25/h6,12-14,16,18,27-28H,7-11H2,1-5H3/t14-,16-,18-,21+,22+,23?/m1/s1. The van der Waals surface area contributed by atoms with Crippen LogP contribution < -0.4 is 0 Å². The quantitative estimate of drug-likeness (QED) is 0.201. The Kier molecular flexibility index (Phi) is 6.47. The van der Waals surface area contributed by atoms with E-state index in [4.69, 9.17) is 14.2 Å². The van der Waals surface area contributed by atoms with Crippen LogP contribution in [0.2, 0.25) is 0 Å². The van der Waals surface area contributed by atoms with Gasteiger partial charge in [-0.05, 0) is 24.8 Å². The number of rotatable bonds is 2. The summed E-state index contributed by atoms with van der Waals surface area (Å²) in [5.74, 6) is -4.34.